The van der Waals surface area contributed by atoms with E-state index in [1.807, 2.05) is 6.92 Å². The zero-order valence-electron chi connectivity index (χ0n) is 23.3. The van der Waals surface area contributed by atoms with Crippen LogP contribution >= 0.6 is 23.2 Å². The van der Waals surface area contributed by atoms with Gasteiger partial charge in [0, 0.05) is 23.1 Å². The van der Waals surface area contributed by atoms with E-state index in [4.69, 9.17) is 27.9 Å². The summed E-state index contributed by atoms with van der Waals surface area (Å²) in [7, 11) is -2.75. The van der Waals surface area contributed by atoms with Gasteiger partial charge < -0.3 is 15.0 Å². The summed E-state index contributed by atoms with van der Waals surface area (Å²) in [6, 6.07) is 18.3. The molecule has 2 amide bonds. The number of hydrogen-bond donors (Lipinski definition) is 1. The number of carbonyl (C=O) groups excluding carboxylic acids is 2. The van der Waals surface area contributed by atoms with Crippen LogP contribution in [0.25, 0.3) is 0 Å². The van der Waals surface area contributed by atoms with Gasteiger partial charge in [-0.05, 0) is 66.9 Å². The number of hydrogen-bond acceptors (Lipinski definition) is 5. The summed E-state index contributed by atoms with van der Waals surface area (Å²) in [6.45, 7) is 3.74. The second kappa shape index (κ2) is 15.1. The van der Waals surface area contributed by atoms with E-state index in [9.17, 15) is 18.0 Å². The van der Waals surface area contributed by atoms with Gasteiger partial charge in [-0.15, -0.1) is 0 Å². The highest BCUT2D eigenvalue weighted by Gasteiger charge is 2.34. The minimum atomic E-state index is -4.23. The first kappa shape index (κ1) is 32.2. The standard InChI is InChI=1S/C30H35Cl2N3O5S/c1-4-6-18-33-30(37)28(5-2)34(20-22-10-7-8-13-27(22)32)29(36)21-35(24-12-9-11-23(31)19-24)41(38,39)26-16-14-25(40-3)15-17-26/h7-17,19,28H,4-6,18,20-21H2,1-3H3,(H,33,37)/t28-/m0/s1. The van der Waals surface area contributed by atoms with Gasteiger partial charge in [0.2, 0.25) is 11.8 Å². The van der Waals surface area contributed by atoms with Gasteiger partial charge in [-0.1, -0.05) is 67.7 Å². The Morgan fingerprint density at radius 1 is 0.976 bits per heavy atom. The number of methoxy groups -OCH3 is 1. The van der Waals surface area contributed by atoms with E-state index in [0.717, 1.165) is 17.1 Å². The molecule has 3 rings (SSSR count). The molecule has 11 heteroatoms. The van der Waals surface area contributed by atoms with Gasteiger partial charge in [0.05, 0.1) is 17.7 Å². The number of ether oxygens (including phenoxy) is 1. The first-order valence-electron chi connectivity index (χ1n) is 13.3. The van der Waals surface area contributed by atoms with Gasteiger partial charge in [-0.3, -0.25) is 13.9 Å². The largest absolute Gasteiger partial charge is 0.497 e. The Bertz CT molecular complexity index is 1430. The third-order valence-electron chi connectivity index (χ3n) is 6.54. The minimum Gasteiger partial charge on any atom is -0.497 e. The van der Waals surface area contributed by atoms with E-state index >= 15 is 0 Å². The molecule has 0 fully saturated rings. The number of sulfonamides is 1. The lowest BCUT2D eigenvalue weighted by atomic mass is 10.1. The molecule has 3 aromatic rings. The van der Waals surface area contributed by atoms with E-state index < -0.39 is 28.5 Å². The second-order valence-corrected chi connectivity index (χ2v) is 12.1. The molecular weight excluding hydrogens is 585 g/mol. The Labute approximate surface area is 252 Å². The number of unbranched alkanes of at least 4 members (excludes halogenated alkanes) is 1. The lowest BCUT2D eigenvalue weighted by molar-refractivity contribution is -0.140. The normalized spacial score (nSPS) is 11.9. The van der Waals surface area contributed by atoms with Crippen LogP contribution in [0.4, 0.5) is 5.69 Å². The van der Waals surface area contributed by atoms with Crippen LogP contribution in [0.15, 0.2) is 77.7 Å². The van der Waals surface area contributed by atoms with Crippen molar-refractivity contribution in [2.45, 2.75) is 50.6 Å². The van der Waals surface area contributed by atoms with Gasteiger partial charge in [0.25, 0.3) is 10.0 Å². The molecule has 3 aromatic carbocycles. The molecule has 0 aliphatic carbocycles. The lowest BCUT2D eigenvalue weighted by Gasteiger charge is -2.33. The quantitative estimate of drug-likeness (QED) is 0.226. The Morgan fingerprint density at radius 2 is 1.68 bits per heavy atom. The van der Waals surface area contributed by atoms with E-state index in [-0.39, 0.29) is 23.0 Å². The molecule has 0 saturated heterocycles. The van der Waals surface area contributed by atoms with Crippen LogP contribution in [0.2, 0.25) is 10.0 Å². The molecule has 1 N–H and O–H groups in total. The number of carbonyl (C=O) groups is 2. The number of nitrogens with zero attached hydrogens (tertiary/aromatic N) is 2. The minimum absolute atomic E-state index is 0.0180. The van der Waals surface area contributed by atoms with Gasteiger partial charge in [0.15, 0.2) is 0 Å². The van der Waals surface area contributed by atoms with Crippen LogP contribution in [-0.4, -0.2) is 51.4 Å². The van der Waals surface area contributed by atoms with Crippen molar-refractivity contribution in [1.29, 1.82) is 0 Å². The average molecular weight is 621 g/mol. The third-order valence-corrected chi connectivity index (χ3v) is 8.93. The van der Waals surface area contributed by atoms with Crippen molar-refractivity contribution < 1.29 is 22.7 Å². The predicted octanol–water partition coefficient (Wildman–Crippen LogP) is 5.92. The maximum Gasteiger partial charge on any atom is 0.264 e. The number of rotatable bonds is 14. The highest BCUT2D eigenvalue weighted by atomic mass is 35.5. The van der Waals surface area contributed by atoms with Crippen molar-refractivity contribution in [2.24, 2.45) is 0 Å². The Hall–Kier alpha value is -3.27. The van der Waals surface area contributed by atoms with E-state index in [1.54, 1.807) is 49.4 Å². The van der Waals surface area contributed by atoms with Crippen molar-refractivity contribution >= 4 is 50.7 Å². The second-order valence-electron chi connectivity index (χ2n) is 9.35. The fraction of sp³-hybridized carbons (Fsp3) is 0.333. The monoisotopic (exact) mass is 619 g/mol. The van der Waals surface area contributed by atoms with Gasteiger partial charge in [-0.25, -0.2) is 8.42 Å². The zero-order chi connectivity index (χ0) is 30.0. The predicted molar refractivity (Wildman–Crippen MR) is 163 cm³/mol. The van der Waals surface area contributed by atoms with Crippen LogP contribution in [0.5, 0.6) is 5.75 Å². The Kier molecular flexibility index (Phi) is 11.9. The molecule has 0 bridgehead atoms. The summed E-state index contributed by atoms with van der Waals surface area (Å²) in [4.78, 5) is 28.7. The van der Waals surface area contributed by atoms with Crippen LogP contribution in [-0.2, 0) is 26.2 Å². The fourth-order valence-electron chi connectivity index (χ4n) is 4.27. The molecule has 0 heterocycles. The first-order chi connectivity index (χ1) is 19.6. The SMILES string of the molecule is CCCCNC(=O)[C@H](CC)N(Cc1ccccc1Cl)C(=O)CN(c1cccc(Cl)c1)S(=O)(=O)c1ccc(OC)cc1. The van der Waals surface area contributed by atoms with Crippen LogP contribution in [0, 0.1) is 0 Å². The van der Waals surface area contributed by atoms with Gasteiger partial charge >= 0.3 is 0 Å². The Balaban J connectivity index is 2.05. The number of nitrogens with one attached hydrogen (secondary N) is 1. The van der Waals surface area contributed by atoms with Crippen LogP contribution in [0.1, 0.15) is 38.7 Å². The van der Waals surface area contributed by atoms with Crippen molar-refractivity contribution in [3.63, 3.8) is 0 Å². The van der Waals surface area contributed by atoms with E-state index in [1.165, 1.54) is 42.3 Å². The van der Waals surface area contributed by atoms with Gasteiger partial charge in [0.1, 0.15) is 18.3 Å². The molecule has 0 aliphatic heterocycles. The third kappa shape index (κ3) is 8.38. The number of amides is 2. The molecule has 0 aromatic heterocycles. The smallest absolute Gasteiger partial charge is 0.264 e. The molecule has 0 saturated carbocycles. The molecule has 1 atom stereocenters. The fourth-order valence-corrected chi connectivity index (χ4v) is 6.06. The highest BCUT2D eigenvalue weighted by Crippen LogP contribution is 2.28. The summed E-state index contributed by atoms with van der Waals surface area (Å²) in [5.74, 6) is -0.395. The number of benzene rings is 3. The lowest BCUT2D eigenvalue weighted by Crippen LogP contribution is -2.52. The van der Waals surface area contributed by atoms with Crippen LogP contribution in [0.3, 0.4) is 0 Å². The van der Waals surface area contributed by atoms with Crippen molar-refractivity contribution in [3.05, 3.63) is 88.4 Å². The van der Waals surface area contributed by atoms with E-state index in [0.29, 0.717) is 34.3 Å². The molecular formula is C30H35Cl2N3O5S. The number of anilines is 1. The molecule has 8 nitrogen and oxygen atoms in total. The summed E-state index contributed by atoms with van der Waals surface area (Å²) in [6.07, 6.45) is 2.01. The summed E-state index contributed by atoms with van der Waals surface area (Å²) in [5, 5.41) is 3.64. The van der Waals surface area contributed by atoms with Crippen molar-refractivity contribution in [1.82, 2.24) is 10.2 Å². The average Bonchev–Trinajstić information content (AvgIpc) is 2.96. The van der Waals surface area contributed by atoms with E-state index in [2.05, 4.69) is 5.32 Å². The van der Waals surface area contributed by atoms with Crippen molar-refractivity contribution in [2.75, 3.05) is 24.5 Å². The molecule has 0 spiro atoms. The van der Waals surface area contributed by atoms with Crippen LogP contribution < -0.4 is 14.4 Å². The molecule has 220 valence electrons. The topological polar surface area (TPSA) is 96.0 Å². The summed E-state index contributed by atoms with van der Waals surface area (Å²) in [5.41, 5.74) is 0.842. The molecule has 41 heavy (non-hydrogen) atoms. The molecule has 0 unspecified atom stereocenters. The first-order valence-corrected chi connectivity index (χ1v) is 15.5. The Morgan fingerprint density at radius 3 is 2.29 bits per heavy atom. The highest BCUT2D eigenvalue weighted by molar-refractivity contribution is 7.92. The summed E-state index contributed by atoms with van der Waals surface area (Å²) >= 11 is 12.7. The number of halogens is 2. The molecule has 0 radical (unpaired) electrons. The van der Waals surface area contributed by atoms with Crippen molar-refractivity contribution in [3.8, 4) is 5.75 Å². The zero-order valence-corrected chi connectivity index (χ0v) is 25.7. The maximum absolute atomic E-state index is 14.1. The maximum atomic E-state index is 14.1. The summed E-state index contributed by atoms with van der Waals surface area (Å²) < 4.78 is 34.0. The van der Waals surface area contributed by atoms with Gasteiger partial charge in [-0.2, -0.15) is 0 Å². The molecule has 0 aliphatic rings.